The van der Waals surface area contributed by atoms with Crippen molar-refractivity contribution in [3.63, 3.8) is 0 Å². The van der Waals surface area contributed by atoms with Gasteiger partial charge >= 0.3 is 0 Å². The van der Waals surface area contributed by atoms with Gasteiger partial charge in [-0.3, -0.25) is 9.59 Å². The average molecular weight is 415 g/mol. The van der Waals surface area contributed by atoms with Crippen molar-refractivity contribution in [3.8, 4) is 5.69 Å². The van der Waals surface area contributed by atoms with Crippen LogP contribution in [0.1, 0.15) is 57.8 Å². The Hall–Kier alpha value is -3.41. The smallest absolute Gasteiger partial charge is 0.274 e. The van der Waals surface area contributed by atoms with E-state index in [0.717, 1.165) is 32.1 Å². The number of fused-ring (bicyclic) bond motifs is 2. The summed E-state index contributed by atoms with van der Waals surface area (Å²) in [5.41, 5.74) is 9.58. The maximum atomic E-state index is 13.5. The molecular weight excluding hydrogens is 388 g/mol. The van der Waals surface area contributed by atoms with Gasteiger partial charge in [0.1, 0.15) is 5.69 Å². The summed E-state index contributed by atoms with van der Waals surface area (Å²) < 4.78 is 1.46. The lowest BCUT2D eigenvalue weighted by molar-refractivity contribution is 0.0610. The molecule has 1 aliphatic heterocycles. The Morgan fingerprint density at radius 1 is 0.968 bits per heavy atom. The van der Waals surface area contributed by atoms with E-state index in [4.69, 9.17) is 5.73 Å². The maximum absolute atomic E-state index is 13.5. The van der Waals surface area contributed by atoms with Gasteiger partial charge in [-0.1, -0.05) is 42.5 Å². The first-order valence-corrected chi connectivity index (χ1v) is 10.9. The SMILES string of the molecule is NC(=O)c1cc(C(=O)N2CCCC3(CCCc4ccccc43)C2)nn1-c1ccccc1. The summed E-state index contributed by atoms with van der Waals surface area (Å²) in [6, 6.07) is 19.5. The molecule has 6 nitrogen and oxygen atoms in total. The van der Waals surface area contributed by atoms with E-state index in [2.05, 4.69) is 29.4 Å². The Balaban J connectivity index is 1.47. The summed E-state index contributed by atoms with van der Waals surface area (Å²) in [4.78, 5) is 27.4. The number of aromatic nitrogens is 2. The number of hydrogen-bond acceptors (Lipinski definition) is 3. The molecule has 0 saturated carbocycles. The number of nitrogens with two attached hydrogens (primary N) is 1. The highest BCUT2D eigenvalue weighted by Gasteiger charge is 2.41. The lowest BCUT2D eigenvalue weighted by Crippen LogP contribution is -2.50. The molecule has 0 radical (unpaired) electrons. The third kappa shape index (κ3) is 3.42. The van der Waals surface area contributed by atoms with E-state index in [1.54, 1.807) is 0 Å². The van der Waals surface area contributed by atoms with Gasteiger partial charge in [0.05, 0.1) is 5.69 Å². The van der Waals surface area contributed by atoms with Gasteiger partial charge in [-0.2, -0.15) is 5.10 Å². The van der Waals surface area contributed by atoms with Crippen molar-refractivity contribution in [1.82, 2.24) is 14.7 Å². The highest BCUT2D eigenvalue weighted by Crippen LogP contribution is 2.43. The fraction of sp³-hybridized carbons (Fsp3) is 0.320. The second-order valence-electron chi connectivity index (χ2n) is 8.65. The van der Waals surface area contributed by atoms with Crippen molar-refractivity contribution in [1.29, 1.82) is 0 Å². The van der Waals surface area contributed by atoms with Crippen LogP contribution in [0, 0.1) is 0 Å². The molecule has 2 aliphatic rings. The molecule has 1 atom stereocenters. The number of piperidine rings is 1. The third-order valence-corrected chi connectivity index (χ3v) is 6.74. The summed E-state index contributed by atoms with van der Waals surface area (Å²) in [6.07, 6.45) is 5.41. The van der Waals surface area contributed by atoms with Crippen molar-refractivity contribution in [2.75, 3.05) is 13.1 Å². The zero-order chi connectivity index (χ0) is 21.4. The molecule has 2 aromatic carbocycles. The minimum absolute atomic E-state index is 0.0112. The molecule has 3 aromatic rings. The quantitative estimate of drug-likeness (QED) is 0.712. The number of primary amides is 1. The van der Waals surface area contributed by atoms with E-state index in [1.807, 2.05) is 35.2 Å². The molecule has 1 aromatic heterocycles. The summed E-state index contributed by atoms with van der Waals surface area (Å²) in [5.74, 6) is -0.744. The molecule has 1 aliphatic carbocycles. The van der Waals surface area contributed by atoms with Crippen LogP contribution in [0.25, 0.3) is 5.69 Å². The number of benzene rings is 2. The third-order valence-electron chi connectivity index (χ3n) is 6.74. The number of likely N-dealkylation sites (tertiary alicyclic amines) is 1. The minimum atomic E-state index is -0.605. The molecule has 1 spiro atoms. The number of para-hydroxylation sites is 1. The lowest BCUT2D eigenvalue weighted by atomic mass is 9.66. The normalized spacial score (nSPS) is 20.5. The number of rotatable bonds is 3. The van der Waals surface area contributed by atoms with Crippen LogP contribution in [0.4, 0.5) is 0 Å². The summed E-state index contributed by atoms with van der Waals surface area (Å²) in [6.45, 7) is 1.39. The van der Waals surface area contributed by atoms with Gasteiger partial charge in [0.25, 0.3) is 11.8 Å². The monoisotopic (exact) mass is 414 g/mol. The fourth-order valence-corrected chi connectivity index (χ4v) is 5.33. The molecule has 158 valence electrons. The Bertz CT molecular complexity index is 1140. The number of carbonyl (C=O) groups excluding carboxylic acids is 2. The Morgan fingerprint density at radius 3 is 2.52 bits per heavy atom. The summed E-state index contributed by atoms with van der Waals surface area (Å²) in [7, 11) is 0. The molecule has 6 heteroatoms. The zero-order valence-corrected chi connectivity index (χ0v) is 17.5. The molecule has 0 bridgehead atoms. The van der Waals surface area contributed by atoms with Gasteiger partial charge in [-0.25, -0.2) is 4.68 Å². The first kappa shape index (κ1) is 19.5. The molecule has 2 N–H and O–H groups in total. The van der Waals surface area contributed by atoms with Crippen molar-refractivity contribution in [3.05, 3.63) is 83.2 Å². The topological polar surface area (TPSA) is 81.2 Å². The van der Waals surface area contributed by atoms with Crippen LogP contribution in [0.2, 0.25) is 0 Å². The van der Waals surface area contributed by atoms with Gasteiger partial charge in [-0.15, -0.1) is 0 Å². The predicted molar refractivity (Wildman–Crippen MR) is 118 cm³/mol. The standard InChI is InChI=1S/C25H26N4O2/c26-23(30)22-16-21(27-29(22)19-10-2-1-3-11-19)24(31)28-15-7-14-25(17-28)13-6-9-18-8-4-5-12-20(18)25/h1-5,8,10-12,16H,6-7,9,13-15,17H2,(H2,26,30). The van der Waals surface area contributed by atoms with Gasteiger partial charge < -0.3 is 10.6 Å². The van der Waals surface area contributed by atoms with E-state index in [-0.39, 0.29) is 22.7 Å². The predicted octanol–water partition coefficient (Wildman–Crippen LogP) is 3.48. The minimum Gasteiger partial charge on any atom is -0.364 e. The van der Waals surface area contributed by atoms with Crippen LogP contribution in [0.15, 0.2) is 60.7 Å². The molecule has 1 unspecified atom stereocenters. The molecule has 5 rings (SSSR count). The molecular formula is C25H26N4O2. The highest BCUT2D eigenvalue weighted by atomic mass is 16.2. The van der Waals surface area contributed by atoms with Crippen molar-refractivity contribution >= 4 is 11.8 Å². The van der Waals surface area contributed by atoms with Crippen molar-refractivity contribution in [2.45, 2.75) is 37.5 Å². The molecule has 2 amide bonds. The van der Waals surface area contributed by atoms with Crippen LogP contribution in [-0.2, 0) is 11.8 Å². The van der Waals surface area contributed by atoms with Gasteiger partial charge in [0.15, 0.2) is 5.69 Å². The van der Waals surface area contributed by atoms with Crippen LogP contribution in [0.3, 0.4) is 0 Å². The molecule has 1 saturated heterocycles. The van der Waals surface area contributed by atoms with Crippen molar-refractivity contribution < 1.29 is 9.59 Å². The number of aryl methyl sites for hydroxylation is 1. The summed E-state index contributed by atoms with van der Waals surface area (Å²) in [5, 5.41) is 4.48. The Kier molecular flexibility index (Phi) is 4.85. The van der Waals surface area contributed by atoms with Gasteiger partial charge in [-0.05, 0) is 55.4 Å². The van der Waals surface area contributed by atoms with E-state index in [0.29, 0.717) is 18.8 Å². The zero-order valence-electron chi connectivity index (χ0n) is 17.5. The second-order valence-corrected chi connectivity index (χ2v) is 8.65. The average Bonchev–Trinajstić information content (AvgIpc) is 3.26. The van der Waals surface area contributed by atoms with E-state index >= 15 is 0 Å². The maximum Gasteiger partial charge on any atom is 0.274 e. The van der Waals surface area contributed by atoms with E-state index in [1.165, 1.54) is 21.9 Å². The van der Waals surface area contributed by atoms with E-state index in [9.17, 15) is 9.59 Å². The number of carbonyl (C=O) groups is 2. The number of amides is 2. The number of hydrogen-bond donors (Lipinski definition) is 1. The lowest BCUT2D eigenvalue weighted by Gasteiger charge is -2.46. The van der Waals surface area contributed by atoms with Gasteiger partial charge in [0, 0.05) is 24.6 Å². The highest BCUT2D eigenvalue weighted by molar-refractivity contribution is 5.97. The number of nitrogens with zero attached hydrogens (tertiary/aromatic N) is 3. The van der Waals surface area contributed by atoms with Crippen LogP contribution < -0.4 is 5.73 Å². The van der Waals surface area contributed by atoms with Crippen LogP contribution >= 0.6 is 0 Å². The first-order valence-electron chi connectivity index (χ1n) is 10.9. The van der Waals surface area contributed by atoms with E-state index < -0.39 is 5.91 Å². The Labute approximate surface area is 181 Å². The molecule has 2 heterocycles. The second kappa shape index (κ2) is 7.69. The largest absolute Gasteiger partial charge is 0.364 e. The van der Waals surface area contributed by atoms with Crippen LogP contribution in [-0.4, -0.2) is 39.6 Å². The first-order chi connectivity index (χ1) is 15.1. The molecule has 31 heavy (non-hydrogen) atoms. The summed E-state index contributed by atoms with van der Waals surface area (Å²) >= 11 is 0. The Morgan fingerprint density at radius 2 is 1.71 bits per heavy atom. The molecule has 1 fully saturated rings. The van der Waals surface area contributed by atoms with Gasteiger partial charge in [0.2, 0.25) is 0 Å². The van der Waals surface area contributed by atoms with Crippen LogP contribution in [0.5, 0.6) is 0 Å². The van der Waals surface area contributed by atoms with Crippen molar-refractivity contribution in [2.24, 2.45) is 5.73 Å². The fourth-order valence-electron chi connectivity index (χ4n) is 5.33.